The molecule has 0 aromatic carbocycles. The molecule has 3 aromatic heterocycles. The summed E-state index contributed by atoms with van der Waals surface area (Å²) in [7, 11) is 0. The van der Waals surface area contributed by atoms with Crippen molar-refractivity contribution in [2.24, 2.45) is 0 Å². The average molecular weight is 373 g/mol. The minimum atomic E-state index is -0.425. The number of nitrogens with one attached hydrogen (secondary N) is 2. The zero-order valence-corrected chi connectivity index (χ0v) is 15.1. The normalized spacial score (nSPS) is 15.4. The topological polar surface area (TPSA) is 114 Å². The molecule has 9 nitrogen and oxygen atoms in total. The number of hydrogen-bond acceptors (Lipinski definition) is 7. The van der Waals surface area contributed by atoms with Crippen LogP contribution in [-0.2, 0) is 0 Å². The van der Waals surface area contributed by atoms with Crippen LogP contribution < -0.4 is 5.32 Å². The molecule has 0 atom stereocenters. The van der Waals surface area contributed by atoms with Crippen LogP contribution in [0.5, 0.6) is 0 Å². The molecule has 3 heterocycles. The van der Waals surface area contributed by atoms with E-state index < -0.39 is 4.92 Å². The van der Waals surface area contributed by atoms with E-state index in [-0.39, 0.29) is 5.69 Å². The molecular formula is C16H19N7O2S. The standard InChI is InChI=1S/C16H19N7O2S/c1-10-7-14(20-19-10)17-15-13-8-11(23(24)25)9-22(13)21-16(18-15)26-12-5-3-2-4-6-12/h7-9,12H,2-6H2,1H3,(H2,17,18,19,20,21). The highest BCUT2D eigenvalue weighted by atomic mass is 32.2. The lowest BCUT2D eigenvalue weighted by molar-refractivity contribution is -0.384. The predicted octanol–water partition coefficient (Wildman–Crippen LogP) is 3.84. The molecule has 2 N–H and O–H groups in total. The Bertz CT molecular complexity index is 945. The second kappa shape index (κ2) is 6.94. The second-order valence-electron chi connectivity index (χ2n) is 6.47. The molecule has 10 heteroatoms. The molecule has 0 aliphatic heterocycles. The van der Waals surface area contributed by atoms with E-state index in [1.165, 1.54) is 36.0 Å². The third-order valence-corrected chi connectivity index (χ3v) is 5.61. The Morgan fingerprint density at radius 1 is 1.35 bits per heavy atom. The Kier molecular flexibility index (Phi) is 4.49. The van der Waals surface area contributed by atoms with Crippen LogP contribution in [0.2, 0.25) is 0 Å². The molecule has 26 heavy (non-hydrogen) atoms. The van der Waals surface area contributed by atoms with Gasteiger partial charge in [0.15, 0.2) is 11.6 Å². The third-order valence-electron chi connectivity index (χ3n) is 4.42. The van der Waals surface area contributed by atoms with Gasteiger partial charge in [-0.3, -0.25) is 15.2 Å². The maximum Gasteiger partial charge on any atom is 0.289 e. The van der Waals surface area contributed by atoms with Crippen molar-refractivity contribution in [2.75, 3.05) is 5.32 Å². The lowest BCUT2D eigenvalue weighted by Crippen LogP contribution is -2.10. The van der Waals surface area contributed by atoms with Crippen LogP contribution in [0.15, 0.2) is 23.5 Å². The number of nitro groups is 1. The number of H-pyrrole nitrogens is 1. The number of anilines is 2. The van der Waals surface area contributed by atoms with E-state index in [2.05, 4.69) is 25.6 Å². The molecule has 0 radical (unpaired) electrons. The largest absolute Gasteiger partial charge is 0.322 e. The minimum Gasteiger partial charge on any atom is -0.322 e. The number of aromatic nitrogens is 5. The van der Waals surface area contributed by atoms with Crippen LogP contribution in [0.1, 0.15) is 37.8 Å². The van der Waals surface area contributed by atoms with Crippen molar-refractivity contribution < 1.29 is 4.92 Å². The summed E-state index contributed by atoms with van der Waals surface area (Å²) in [5, 5.41) is 26.9. The van der Waals surface area contributed by atoms with Crippen molar-refractivity contribution in [3.05, 3.63) is 34.1 Å². The van der Waals surface area contributed by atoms with Crippen molar-refractivity contribution in [2.45, 2.75) is 49.4 Å². The van der Waals surface area contributed by atoms with Gasteiger partial charge < -0.3 is 5.32 Å². The second-order valence-corrected chi connectivity index (χ2v) is 7.73. The molecule has 136 valence electrons. The predicted molar refractivity (Wildman–Crippen MR) is 99.0 cm³/mol. The molecule has 3 aromatic rings. The zero-order chi connectivity index (χ0) is 18.1. The van der Waals surface area contributed by atoms with Gasteiger partial charge in [-0.15, -0.1) is 5.10 Å². The van der Waals surface area contributed by atoms with Crippen molar-refractivity contribution >= 4 is 34.6 Å². The molecule has 0 saturated heterocycles. The SMILES string of the molecule is Cc1cc(Nc2nc(SC3CCCCC3)nn3cc([N+](=O)[O-])cc23)n[nH]1. The maximum absolute atomic E-state index is 11.1. The Hall–Kier alpha value is -2.62. The molecule has 1 aliphatic carbocycles. The van der Waals surface area contributed by atoms with Crippen molar-refractivity contribution in [3.8, 4) is 0 Å². The average Bonchev–Trinajstić information content (AvgIpc) is 3.22. The van der Waals surface area contributed by atoms with Gasteiger partial charge in [-0.05, 0) is 19.8 Å². The number of hydrogen-bond donors (Lipinski definition) is 2. The van der Waals surface area contributed by atoms with Crippen molar-refractivity contribution in [1.29, 1.82) is 0 Å². The number of fused-ring (bicyclic) bond motifs is 1. The highest BCUT2D eigenvalue weighted by Crippen LogP contribution is 2.33. The van der Waals surface area contributed by atoms with E-state index in [1.807, 2.05) is 13.0 Å². The molecule has 1 saturated carbocycles. The van der Waals surface area contributed by atoms with Gasteiger partial charge >= 0.3 is 0 Å². The van der Waals surface area contributed by atoms with E-state index in [0.717, 1.165) is 18.5 Å². The molecular weight excluding hydrogens is 354 g/mol. The quantitative estimate of drug-likeness (QED) is 0.516. The number of thioether (sulfide) groups is 1. The van der Waals surface area contributed by atoms with Crippen LogP contribution in [0.25, 0.3) is 5.52 Å². The summed E-state index contributed by atoms with van der Waals surface area (Å²) in [4.78, 5) is 15.3. The highest BCUT2D eigenvalue weighted by molar-refractivity contribution is 7.99. The maximum atomic E-state index is 11.1. The van der Waals surface area contributed by atoms with E-state index >= 15 is 0 Å². The minimum absolute atomic E-state index is 0.0135. The number of nitrogens with zero attached hydrogens (tertiary/aromatic N) is 5. The smallest absolute Gasteiger partial charge is 0.289 e. The molecule has 0 amide bonds. The Balaban J connectivity index is 1.71. The number of rotatable bonds is 5. The van der Waals surface area contributed by atoms with E-state index in [9.17, 15) is 10.1 Å². The summed E-state index contributed by atoms with van der Waals surface area (Å²) in [5.41, 5.74) is 1.45. The van der Waals surface area contributed by atoms with E-state index in [4.69, 9.17) is 0 Å². The van der Waals surface area contributed by atoms with Gasteiger partial charge in [-0.25, -0.2) is 9.50 Å². The number of aryl methyl sites for hydroxylation is 1. The molecule has 4 rings (SSSR count). The fraction of sp³-hybridized carbons (Fsp3) is 0.438. The monoisotopic (exact) mass is 373 g/mol. The Morgan fingerprint density at radius 3 is 2.85 bits per heavy atom. The first-order valence-electron chi connectivity index (χ1n) is 8.59. The lowest BCUT2D eigenvalue weighted by atomic mass is 10.0. The molecule has 1 fully saturated rings. The van der Waals surface area contributed by atoms with Crippen LogP contribution in [-0.4, -0.2) is 35.0 Å². The summed E-state index contributed by atoms with van der Waals surface area (Å²) in [6.45, 7) is 1.90. The van der Waals surface area contributed by atoms with E-state index in [0.29, 0.717) is 27.6 Å². The molecule has 0 unspecified atom stereocenters. The first-order valence-corrected chi connectivity index (χ1v) is 9.47. The highest BCUT2D eigenvalue weighted by Gasteiger charge is 2.20. The van der Waals surface area contributed by atoms with Gasteiger partial charge in [0.2, 0.25) is 5.16 Å². The third kappa shape index (κ3) is 3.50. The first-order chi connectivity index (χ1) is 12.6. The summed E-state index contributed by atoms with van der Waals surface area (Å²) >= 11 is 1.65. The van der Waals surface area contributed by atoms with Crippen LogP contribution in [0.4, 0.5) is 17.3 Å². The lowest BCUT2D eigenvalue weighted by Gasteiger charge is -2.20. The first kappa shape index (κ1) is 16.8. The van der Waals surface area contributed by atoms with Gasteiger partial charge in [-0.1, -0.05) is 31.0 Å². The molecule has 1 aliphatic rings. The summed E-state index contributed by atoms with van der Waals surface area (Å²) in [6, 6.07) is 3.32. The van der Waals surface area contributed by atoms with Gasteiger partial charge in [0.1, 0.15) is 11.7 Å². The Labute approximate surface area is 153 Å². The van der Waals surface area contributed by atoms with Gasteiger partial charge in [0, 0.05) is 23.1 Å². The summed E-state index contributed by atoms with van der Waals surface area (Å²) in [5.74, 6) is 1.12. The van der Waals surface area contributed by atoms with Crippen molar-refractivity contribution in [3.63, 3.8) is 0 Å². The van der Waals surface area contributed by atoms with Crippen LogP contribution in [0, 0.1) is 17.0 Å². The van der Waals surface area contributed by atoms with Gasteiger partial charge in [0.25, 0.3) is 5.69 Å². The fourth-order valence-corrected chi connectivity index (χ4v) is 4.29. The molecule has 0 spiro atoms. The molecule has 0 bridgehead atoms. The van der Waals surface area contributed by atoms with Crippen molar-refractivity contribution in [1.82, 2.24) is 24.8 Å². The summed E-state index contributed by atoms with van der Waals surface area (Å²) < 4.78 is 1.53. The summed E-state index contributed by atoms with van der Waals surface area (Å²) in [6.07, 6.45) is 7.46. The van der Waals surface area contributed by atoms with Crippen LogP contribution >= 0.6 is 11.8 Å². The van der Waals surface area contributed by atoms with E-state index in [1.54, 1.807) is 11.8 Å². The van der Waals surface area contributed by atoms with Gasteiger partial charge in [-0.2, -0.15) is 5.10 Å². The van der Waals surface area contributed by atoms with Crippen LogP contribution in [0.3, 0.4) is 0 Å². The zero-order valence-electron chi connectivity index (χ0n) is 14.3. The van der Waals surface area contributed by atoms with Gasteiger partial charge in [0.05, 0.1) is 4.92 Å². The number of aromatic amines is 1. The fourth-order valence-electron chi connectivity index (χ4n) is 3.14. The Morgan fingerprint density at radius 2 is 2.15 bits per heavy atom.